The van der Waals surface area contributed by atoms with Gasteiger partial charge in [-0.15, -0.1) is 0 Å². The maximum Gasteiger partial charge on any atom is 0.281 e. The predicted octanol–water partition coefficient (Wildman–Crippen LogP) is 6.04. The van der Waals surface area contributed by atoms with Crippen molar-refractivity contribution >= 4 is 50.9 Å². The second-order valence-corrected chi connectivity index (χ2v) is 9.04. The zero-order valence-electron chi connectivity index (χ0n) is 19.7. The van der Waals surface area contributed by atoms with Crippen LogP contribution in [0.1, 0.15) is 18.1 Å². The lowest BCUT2D eigenvalue weighted by Crippen LogP contribution is -2.31. The lowest BCUT2D eigenvalue weighted by atomic mass is 10.1. The standard InChI is InChI=1S/C27H25BrN2O4S/c1-4-33-22-12-10-21(11-13-22)30-26(31)23(29(2)27(30)35)15-19-7-14-24(25(16-19)32-3)34-17-18-5-8-20(28)9-6-18/h5-16H,4,17H2,1-3H3/b23-15-. The van der Waals surface area contributed by atoms with Gasteiger partial charge in [-0.25, -0.2) is 0 Å². The van der Waals surface area contributed by atoms with Crippen LogP contribution in [0.3, 0.4) is 0 Å². The van der Waals surface area contributed by atoms with E-state index in [4.69, 9.17) is 26.4 Å². The molecular formula is C27H25BrN2O4S. The van der Waals surface area contributed by atoms with Gasteiger partial charge in [-0.3, -0.25) is 9.69 Å². The maximum atomic E-state index is 13.3. The van der Waals surface area contributed by atoms with Crippen molar-refractivity contribution in [3.05, 3.63) is 88.0 Å². The number of thiocarbonyl (C=S) groups is 1. The van der Waals surface area contributed by atoms with Crippen molar-refractivity contribution in [3.8, 4) is 17.2 Å². The van der Waals surface area contributed by atoms with Crippen LogP contribution in [-0.2, 0) is 11.4 Å². The lowest BCUT2D eigenvalue weighted by molar-refractivity contribution is -0.114. The molecule has 0 aliphatic carbocycles. The summed E-state index contributed by atoms with van der Waals surface area (Å²) in [7, 11) is 3.38. The van der Waals surface area contributed by atoms with E-state index < -0.39 is 0 Å². The third-order valence-electron chi connectivity index (χ3n) is 5.47. The van der Waals surface area contributed by atoms with E-state index in [0.29, 0.717) is 41.2 Å². The van der Waals surface area contributed by atoms with Crippen LogP contribution in [0, 0.1) is 0 Å². The molecule has 1 amide bonds. The number of hydrogen-bond acceptors (Lipinski definition) is 5. The molecule has 0 spiro atoms. The van der Waals surface area contributed by atoms with Gasteiger partial charge in [0, 0.05) is 11.5 Å². The number of nitrogens with zero attached hydrogens (tertiary/aromatic N) is 2. The Labute approximate surface area is 218 Å². The van der Waals surface area contributed by atoms with Gasteiger partial charge >= 0.3 is 0 Å². The van der Waals surface area contributed by atoms with Crippen molar-refractivity contribution in [2.75, 3.05) is 25.7 Å². The first kappa shape index (κ1) is 24.8. The first-order valence-electron chi connectivity index (χ1n) is 11.0. The van der Waals surface area contributed by atoms with Gasteiger partial charge in [-0.1, -0.05) is 34.1 Å². The van der Waals surface area contributed by atoms with Crippen LogP contribution in [0.25, 0.3) is 6.08 Å². The summed E-state index contributed by atoms with van der Waals surface area (Å²) in [6.45, 7) is 2.92. The summed E-state index contributed by atoms with van der Waals surface area (Å²) in [4.78, 5) is 16.5. The summed E-state index contributed by atoms with van der Waals surface area (Å²) in [6, 6.07) is 20.8. The molecule has 3 aromatic carbocycles. The molecule has 1 aliphatic heterocycles. The summed E-state index contributed by atoms with van der Waals surface area (Å²) in [5.74, 6) is 1.74. The third-order valence-corrected chi connectivity index (χ3v) is 6.45. The summed E-state index contributed by atoms with van der Waals surface area (Å²) in [5, 5.41) is 0.409. The Hall–Kier alpha value is -3.36. The fourth-order valence-corrected chi connectivity index (χ4v) is 4.19. The Morgan fingerprint density at radius 2 is 1.69 bits per heavy atom. The van der Waals surface area contributed by atoms with E-state index in [2.05, 4.69) is 15.9 Å². The number of ether oxygens (including phenoxy) is 3. The average Bonchev–Trinajstić information content (AvgIpc) is 3.08. The van der Waals surface area contributed by atoms with E-state index in [1.807, 2.05) is 73.7 Å². The molecule has 0 atom stereocenters. The number of benzene rings is 3. The van der Waals surface area contributed by atoms with Crippen molar-refractivity contribution in [2.45, 2.75) is 13.5 Å². The third kappa shape index (κ3) is 5.49. The summed E-state index contributed by atoms with van der Waals surface area (Å²) in [5.41, 5.74) is 2.99. The molecule has 1 aliphatic rings. The first-order chi connectivity index (χ1) is 16.9. The summed E-state index contributed by atoms with van der Waals surface area (Å²) >= 11 is 9.01. The van der Waals surface area contributed by atoms with Gasteiger partial charge in [0.2, 0.25) is 0 Å². The van der Waals surface area contributed by atoms with E-state index in [1.165, 1.54) is 4.90 Å². The number of likely N-dealkylation sites (N-methyl/N-ethyl adjacent to an activating group) is 1. The van der Waals surface area contributed by atoms with Crippen LogP contribution in [0.4, 0.5) is 5.69 Å². The minimum absolute atomic E-state index is 0.198. The van der Waals surface area contributed by atoms with Crippen molar-refractivity contribution in [2.24, 2.45) is 0 Å². The molecular weight excluding hydrogens is 528 g/mol. The van der Waals surface area contributed by atoms with Crippen LogP contribution in [0.2, 0.25) is 0 Å². The highest BCUT2D eigenvalue weighted by Crippen LogP contribution is 2.32. The molecule has 1 heterocycles. The number of carbonyl (C=O) groups is 1. The molecule has 1 saturated heterocycles. The van der Waals surface area contributed by atoms with E-state index >= 15 is 0 Å². The maximum absolute atomic E-state index is 13.3. The number of carbonyl (C=O) groups excluding carboxylic acids is 1. The predicted molar refractivity (Wildman–Crippen MR) is 145 cm³/mol. The van der Waals surface area contributed by atoms with Gasteiger partial charge in [0.05, 0.1) is 19.4 Å². The molecule has 0 saturated carbocycles. The van der Waals surface area contributed by atoms with Gasteiger partial charge in [-0.2, -0.15) is 0 Å². The van der Waals surface area contributed by atoms with Gasteiger partial charge in [0.25, 0.3) is 5.91 Å². The molecule has 0 N–H and O–H groups in total. The largest absolute Gasteiger partial charge is 0.494 e. The number of hydrogen-bond donors (Lipinski definition) is 0. The smallest absolute Gasteiger partial charge is 0.281 e. The second kappa shape index (κ2) is 10.9. The Kier molecular flexibility index (Phi) is 7.73. The van der Waals surface area contributed by atoms with Crippen molar-refractivity contribution in [1.82, 2.24) is 4.90 Å². The highest BCUT2D eigenvalue weighted by Gasteiger charge is 2.36. The zero-order chi connectivity index (χ0) is 24.9. The Bertz CT molecular complexity index is 1260. The molecule has 0 aromatic heterocycles. The molecule has 0 unspecified atom stereocenters. The number of halogens is 1. The highest BCUT2D eigenvalue weighted by molar-refractivity contribution is 9.10. The van der Waals surface area contributed by atoms with E-state index in [9.17, 15) is 4.79 Å². The molecule has 35 heavy (non-hydrogen) atoms. The number of anilines is 1. The number of rotatable bonds is 8. The average molecular weight is 553 g/mol. The minimum atomic E-state index is -0.198. The Morgan fingerprint density at radius 3 is 2.34 bits per heavy atom. The molecule has 8 heteroatoms. The lowest BCUT2D eigenvalue weighted by Gasteiger charge is -2.16. The minimum Gasteiger partial charge on any atom is -0.494 e. The molecule has 3 aromatic rings. The summed E-state index contributed by atoms with van der Waals surface area (Å²) < 4.78 is 18.0. The molecule has 1 fully saturated rings. The first-order valence-corrected chi connectivity index (χ1v) is 12.2. The van der Waals surface area contributed by atoms with Crippen LogP contribution in [-0.4, -0.2) is 36.7 Å². The van der Waals surface area contributed by atoms with Crippen molar-refractivity contribution in [1.29, 1.82) is 0 Å². The number of methoxy groups -OCH3 is 1. The van der Waals surface area contributed by atoms with Gasteiger partial charge in [-0.05, 0) is 84.9 Å². The molecule has 180 valence electrons. The summed E-state index contributed by atoms with van der Waals surface area (Å²) in [6.07, 6.45) is 1.80. The number of amides is 1. The normalized spacial score (nSPS) is 14.6. The van der Waals surface area contributed by atoms with Crippen LogP contribution < -0.4 is 19.1 Å². The highest BCUT2D eigenvalue weighted by atomic mass is 79.9. The van der Waals surface area contributed by atoms with E-state index in [0.717, 1.165) is 21.3 Å². The molecule has 0 bridgehead atoms. The topological polar surface area (TPSA) is 51.2 Å². The van der Waals surface area contributed by atoms with Gasteiger partial charge in [0.15, 0.2) is 16.6 Å². The van der Waals surface area contributed by atoms with Crippen LogP contribution >= 0.6 is 28.1 Å². The SMILES string of the molecule is CCOc1ccc(N2C(=O)/C(=C/c3ccc(OCc4ccc(Br)cc4)c(OC)c3)N(C)C2=S)cc1. The zero-order valence-corrected chi connectivity index (χ0v) is 22.1. The Balaban J connectivity index is 1.54. The molecule has 6 nitrogen and oxygen atoms in total. The molecule has 4 rings (SSSR count). The molecule has 0 radical (unpaired) electrons. The van der Waals surface area contributed by atoms with E-state index in [-0.39, 0.29) is 5.91 Å². The van der Waals surface area contributed by atoms with Gasteiger partial charge in [0.1, 0.15) is 18.1 Å². The Morgan fingerprint density at radius 1 is 0.971 bits per heavy atom. The fraction of sp³-hybridized carbons (Fsp3) is 0.185. The monoisotopic (exact) mass is 552 g/mol. The van der Waals surface area contributed by atoms with Crippen LogP contribution in [0.15, 0.2) is 76.9 Å². The van der Waals surface area contributed by atoms with Crippen molar-refractivity contribution < 1.29 is 19.0 Å². The fourth-order valence-electron chi connectivity index (χ4n) is 3.64. The second-order valence-electron chi connectivity index (χ2n) is 7.76. The quantitative estimate of drug-likeness (QED) is 0.251. The van der Waals surface area contributed by atoms with Gasteiger partial charge < -0.3 is 19.1 Å². The van der Waals surface area contributed by atoms with Crippen molar-refractivity contribution in [3.63, 3.8) is 0 Å². The van der Waals surface area contributed by atoms with E-state index in [1.54, 1.807) is 25.1 Å². The van der Waals surface area contributed by atoms with Crippen LogP contribution in [0.5, 0.6) is 17.2 Å².